The summed E-state index contributed by atoms with van der Waals surface area (Å²) >= 11 is 7.22. The SMILES string of the molecule is CCc1cc(Br)c2c(c1N)CCc1cc(Br)cnc1C2. The minimum Gasteiger partial charge on any atom is -0.398 e. The topological polar surface area (TPSA) is 38.9 Å². The first kappa shape index (κ1) is 14.1. The second kappa shape index (κ2) is 5.49. The van der Waals surface area contributed by atoms with E-state index in [0.29, 0.717) is 0 Å². The van der Waals surface area contributed by atoms with Crippen LogP contribution >= 0.6 is 31.9 Å². The van der Waals surface area contributed by atoms with Gasteiger partial charge in [-0.15, -0.1) is 0 Å². The van der Waals surface area contributed by atoms with Crippen LogP contribution in [0.1, 0.15) is 34.9 Å². The van der Waals surface area contributed by atoms with Crippen molar-refractivity contribution < 1.29 is 0 Å². The Balaban J connectivity index is 2.14. The van der Waals surface area contributed by atoms with Crippen molar-refractivity contribution in [3.05, 3.63) is 55.2 Å². The summed E-state index contributed by atoms with van der Waals surface area (Å²) in [5, 5.41) is 0. The van der Waals surface area contributed by atoms with Crippen molar-refractivity contribution in [2.24, 2.45) is 0 Å². The van der Waals surface area contributed by atoms with E-state index < -0.39 is 0 Å². The Morgan fingerprint density at radius 1 is 1.20 bits per heavy atom. The number of hydrogen-bond donors (Lipinski definition) is 1. The number of nitrogens with zero attached hydrogens (tertiary/aromatic N) is 1. The predicted molar refractivity (Wildman–Crippen MR) is 90.1 cm³/mol. The van der Waals surface area contributed by atoms with Crippen LogP contribution in [0.15, 0.2) is 27.3 Å². The second-order valence-corrected chi connectivity index (χ2v) is 6.95. The quantitative estimate of drug-likeness (QED) is 0.725. The zero-order valence-corrected chi connectivity index (χ0v) is 14.5. The van der Waals surface area contributed by atoms with Crippen molar-refractivity contribution in [2.45, 2.75) is 32.6 Å². The molecule has 1 heterocycles. The van der Waals surface area contributed by atoms with Gasteiger partial charge in [-0.1, -0.05) is 22.9 Å². The Bertz CT molecular complexity index is 681. The number of anilines is 1. The first-order valence-electron chi connectivity index (χ1n) is 6.82. The fraction of sp³-hybridized carbons (Fsp3) is 0.312. The molecule has 3 rings (SSSR count). The van der Waals surface area contributed by atoms with E-state index in [1.165, 1.54) is 22.3 Å². The van der Waals surface area contributed by atoms with Gasteiger partial charge in [0.05, 0.1) is 0 Å². The van der Waals surface area contributed by atoms with E-state index in [4.69, 9.17) is 5.73 Å². The third-order valence-electron chi connectivity index (χ3n) is 4.02. The monoisotopic (exact) mass is 394 g/mol. The third kappa shape index (κ3) is 2.40. The van der Waals surface area contributed by atoms with Gasteiger partial charge in [0.25, 0.3) is 0 Å². The lowest BCUT2D eigenvalue weighted by atomic mass is 9.96. The zero-order valence-electron chi connectivity index (χ0n) is 11.3. The third-order valence-corrected chi connectivity index (χ3v) is 5.16. The normalized spacial score (nSPS) is 13.6. The van der Waals surface area contributed by atoms with E-state index in [9.17, 15) is 0 Å². The van der Waals surface area contributed by atoms with Crippen LogP contribution in [0.4, 0.5) is 5.69 Å². The molecule has 0 aliphatic heterocycles. The minimum absolute atomic E-state index is 0.854. The van der Waals surface area contributed by atoms with Gasteiger partial charge in [0, 0.05) is 32.9 Å². The van der Waals surface area contributed by atoms with Gasteiger partial charge in [0.2, 0.25) is 0 Å². The molecule has 4 heteroatoms. The molecule has 2 aromatic rings. The van der Waals surface area contributed by atoms with Gasteiger partial charge in [-0.25, -0.2) is 0 Å². The van der Waals surface area contributed by atoms with Crippen LogP contribution in [0, 0.1) is 0 Å². The number of aromatic nitrogens is 1. The van der Waals surface area contributed by atoms with E-state index in [0.717, 1.165) is 46.0 Å². The highest BCUT2D eigenvalue weighted by molar-refractivity contribution is 9.10. The fourth-order valence-corrected chi connectivity index (χ4v) is 3.93. The molecule has 1 aliphatic carbocycles. The van der Waals surface area contributed by atoms with E-state index in [1.807, 2.05) is 6.20 Å². The highest BCUT2D eigenvalue weighted by Crippen LogP contribution is 2.35. The molecule has 0 bridgehead atoms. The molecule has 0 amide bonds. The molecule has 20 heavy (non-hydrogen) atoms. The molecule has 0 atom stereocenters. The molecule has 0 saturated carbocycles. The summed E-state index contributed by atoms with van der Waals surface area (Å²) in [6.45, 7) is 2.15. The molecule has 104 valence electrons. The number of fused-ring (bicyclic) bond motifs is 2. The van der Waals surface area contributed by atoms with Crippen LogP contribution < -0.4 is 5.73 Å². The summed E-state index contributed by atoms with van der Waals surface area (Å²) in [6, 6.07) is 4.34. The van der Waals surface area contributed by atoms with Crippen molar-refractivity contribution in [2.75, 3.05) is 5.73 Å². The first-order valence-corrected chi connectivity index (χ1v) is 8.40. The Morgan fingerprint density at radius 3 is 2.75 bits per heavy atom. The summed E-state index contributed by atoms with van der Waals surface area (Å²) in [7, 11) is 0. The van der Waals surface area contributed by atoms with Gasteiger partial charge in [-0.05, 0) is 69.6 Å². The van der Waals surface area contributed by atoms with E-state index in [2.05, 4.69) is 55.9 Å². The summed E-state index contributed by atoms with van der Waals surface area (Å²) in [5.41, 5.74) is 13.6. The van der Waals surface area contributed by atoms with Gasteiger partial charge in [0.15, 0.2) is 0 Å². The van der Waals surface area contributed by atoms with Gasteiger partial charge >= 0.3 is 0 Å². The van der Waals surface area contributed by atoms with Crippen LogP contribution in [0.25, 0.3) is 0 Å². The Morgan fingerprint density at radius 2 is 2.00 bits per heavy atom. The summed E-state index contributed by atoms with van der Waals surface area (Å²) < 4.78 is 2.21. The van der Waals surface area contributed by atoms with Gasteiger partial charge < -0.3 is 5.73 Å². The standard InChI is InChI=1S/C16H16Br2N2/c1-2-9-6-14(18)13-7-15-10(5-11(17)8-20-15)3-4-12(13)16(9)19/h5-6,8H,2-4,7,19H2,1H3. The van der Waals surface area contributed by atoms with E-state index in [1.54, 1.807) is 0 Å². The molecule has 1 aromatic carbocycles. The van der Waals surface area contributed by atoms with Crippen LogP contribution in [0.3, 0.4) is 0 Å². The Hall–Kier alpha value is -0.870. The summed E-state index contributed by atoms with van der Waals surface area (Å²) in [4.78, 5) is 4.58. The van der Waals surface area contributed by atoms with Crippen molar-refractivity contribution in [3.8, 4) is 0 Å². The smallest absolute Gasteiger partial charge is 0.0480 e. The summed E-state index contributed by atoms with van der Waals surface area (Å²) in [5.74, 6) is 0. The maximum Gasteiger partial charge on any atom is 0.0480 e. The number of benzene rings is 1. The number of hydrogen-bond acceptors (Lipinski definition) is 2. The summed E-state index contributed by atoms with van der Waals surface area (Å²) in [6.07, 6.45) is 5.68. The average molecular weight is 396 g/mol. The Labute approximate surface area is 136 Å². The minimum atomic E-state index is 0.854. The molecule has 1 aromatic heterocycles. The number of nitrogen functional groups attached to an aromatic ring is 1. The van der Waals surface area contributed by atoms with Crippen molar-refractivity contribution in [1.82, 2.24) is 4.98 Å². The number of halogens is 2. The lowest BCUT2D eigenvalue weighted by molar-refractivity contribution is 0.948. The molecular formula is C16H16Br2N2. The molecule has 2 nitrogen and oxygen atoms in total. The predicted octanol–water partition coefficient (Wildman–Crippen LogP) is 4.44. The molecule has 0 radical (unpaired) electrons. The second-order valence-electron chi connectivity index (χ2n) is 5.18. The highest BCUT2D eigenvalue weighted by atomic mass is 79.9. The fourth-order valence-electron chi connectivity index (χ4n) is 2.90. The van der Waals surface area contributed by atoms with Gasteiger partial charge in [-0.2, -0.15) is 0 Å². The van der Waals surface area contributed by atoms with Crippen LogP contribution in [-0.4, -0.2) is 4.98 Å². The van der Waals surface area contributed by atoms with Crippen LogP contribution in [0.5, 0.6) is 0 Å². The van der Waals surface area contributed by atoms with Crippen LogP contribution in [-0.2, 0) is 25.7 Å². The van der Waals surface area contributed by atoms with E-state index >= 15 is 0 Å². The highest BCUT2D eigenvalue weighted by Gasteiger charge is 2.20. The maximum absolute atomic E-state index is 6.37. The lowest BCUT2D eigenvalue weighted by Gasteiger charge is -2.15. The molecule has 1 aliphatic rings. The van der Waals surface area contributed by atoms with Crippen molar-refractivity contribution in [1.29, 1.82) is 0 Å². The molecule has 0 spiro atoms. The van der Waals surface area contributed by atoms with Gasteiger partial charge in [-0.3, -0.25) is 4.98 Å². The number of aryl methyl sites for hydroxylation is 2. The number of pyridine rings is 1. The first-order chi connectivity index (χ1) is 9.60. The number of nitrogens with two attached hydrogens (primary N) is 1. The molecule has 0 unspecified atom stereocenters. The lowest BCUT2D eigenvalue weighted by Crippen LogP contribution is -2.04. The Kier molecular flexibility index (Phi) is 3.87. The molecule has 2 N–H and O–H groups in total. The molecule has 0 fully saturated rings. The van der Waals surface area contributed by atoms with Crippen molar-refractivity contribution in [3.63, 3.8) is 0 Å². The van der Waals surface area contributed by atoms with Crippen molar-refractivity contribution >= 4 is 37.5 Å². The molecular weight excluding hydrogens is 380 g/mol. The molecule has 0 saturated heterocycles. The van der Waals surface area contributed by atoms with E-state index in [-0.39, 0.29) is 0 Å². The maximum atomic E-state index is 6.37. The van der Waals surface area contributed by atoms with Gasteiger partial charge in [0.1, 0.15) is 0 Å². The average Bonchev–Trinajstić information content (AvgIpc) is 2.62. The largest absolute Gasteiger partial charge is 0.398 e. The number of rotatable bonds is 1. The zero-order chi connectivity index (χ0) is 14.3. The van der Waals surface area contributed by atoms with Crippen LogP contribution in [0.2, 0.25) is 0 Å².